The monoisotopic (exact) mass is 552 g/mol. The summed E-state index contributed by atoms with van der Waals surface area (Å²) in [5.41, 5.74) is 1.69. The Labute approximate surface area is 198 Å². The van der Waals surface area contributed by atoms with Crippen LogP contribution in [-0.4, -0.2) is 47.3 Å². The number of aromatic hydroxyl groups is 1. The number of amides is 1. The fraction of sp³-hybridized carbons (Fsp3) is 0.227. The number of hydrogen-bond donors (Lipinski definition) is 1. The fourth-order valence-electron chi connectivity index (χ4n) is 2.88. The molecule has 0 unspecified atom stereocenters. The second-order valence-electron chi connectivity index (χ2n) is 6.38. The predicted molar refractivity (Wildman–Crippen MR) is 130 cm³/mol. The van der Waals surface area contributed by atoms with Crippen LogP contribution >= 0.6 is 34.4 Å². The van der Waals surface area contributed by atoms with Gasteiger partial charge in [0.1, 0.15) is 0 Å². The molecule has 162 valence electrons. The van der Waals surface area contributed by atoms with Gasteiger partial charge in [-0.25, -0.2) is 9.79 Å². The number of thioether (sulfide) groups is 1. The Morgan fingerprint density at radius 1 is 1.29 bits per heavy atom. The van der Waals surface area contributed by atoms with Gasteiger partial charge in [0, 0.05) is 6.54 Å². The maximum atomic E-state index is 12.9. The van der Waals surface area contributed by atoms with E-state index in [1.165, 1.54) is 18.9 Å². The Balaban J connectivity index is 1.94. The number of likely N-dealkylation sites (N-methyl/N-ethyl adjacent to an activating group) is 1. The molecular formula is C22H21IN2O5S. The minimum absolute atomic E-state index is 0.0644. The van der Waals surface area contributed by atoms with Gasteiger partial charge in [-0.15, -0.1) is 0 Å². The number of amidine groups is 1. The van der Waals surface area contributed by atoms with Crippen LogP contribution in [0.2, 0.25) is 0 Å². The number of hydrogen-bond acceptors (Lipinski definition) is 7. The highest BCUT2D eigenvalue weighted by Gasteiger charge is 2.32. The highest BCUT2D eigenvalue weighted by Crippen LogP contribution is 2.37. The molecule has 1 fully saturated rings. The van der Waals surface area contributed by atoms with Crippen LogP contribution in [0.4, 0.5) is 5.69 Å². The Morgan fingerprint density at radius 3 is 2.74 bits per heavy atom. The summed E-state index contributed by atoms with van der Waals surface area (Å²) in [4.78, 5) is 31.6. The lowest BCUT2D eigenvalue weighted by molar-refractivity contribution is -0.122. The molecule has 0 spiro atoms. The Hall–Kier alpha value is -2.53. The normalized spacial score (nSPS) is 16.3. The first-order valence-electron chi connectivity index (χ1n) is 9.51. The molecule has 1 aliphatic rings. The highest BCUT2D eigenvalue weighted by atomic mass is 127. The van der Waals surface area contributed by atoms with E-state index in [1.54, 1.807) is 54.3 Å². The largest absolute Gasteiger partial charge is 0.504 e. The Kier molecular flexibility index (Phi) is 7.60. The summed E-state index contributed by atoms with van der Waals surface area (Å²) in [6.45, 7) is 4.37. The van der Waals surface area contributed by atoms with Gasteiger partial charge < -0.3 is 14.6 Å². The SMILES string of the molecule is CCOC(=O)c1cccc(N=C2SC(=Cc3cc(I)c(O)c(OC)c3)C(=O)N2CC)c1. The summed E-state index contributed by atoms with van der Waals surface area (Å²) >= 11 is 3.27. The highest BCUT2D eigenvalue weighted by molar-refractivity contribution is 14.1. The second-order valence-corrected chi connectivity index (χ2v) is 8.55. The second kappa shape index (κ2) is 10.2. The first kappa shape index (κ1) is 23.1. The van der Waals surface area contributed by atoms with E-state index in [0.29, 0.717) is 43.8 Å². The third kappa shape index (κ3) is 5.21. The molecule has 2 aromatic carbocycles. The van der Waals surface area contributed by atoms with Gasteiger partial charge in [-0.2, -0.15) is 0 Å². The molecular weight excluding hydrogens is 531 g/mol. The molecule has 0 aliphatic carbocycles. The van der Waals surface area contributed by atoms with Gasteiger partial charge in [0.15, 0.2) is 16.7 Å². The van der Waals surface area contributed by atoms with E-state index < -0.39 is 5.97 Å². The van der Waals surface area contributed by atoms with Crippen LogP contribution in [0.5, 0.6) is 11.5 Å². The van der Waals surface area contributed by atoms with Crippen molar-refractivity contribution in [2.75, 3.05) is 20.3 Å². The van der Waals surface area contributed by atoms with E-state index >= 15 is 0 Å². The van der Waals surface area contributed by atoms with Crippen LogP contribution in [0.3, 0.4) is 0 Å². The van der Waals surface area contributed by atoms with E-state index in [9.17, 15) is 14.7 Å². The number of methoxy groups -OCH3 is 1. The maximum absolute atomic E-state index is 12.9. The van der Waals surface area contributed by atoms with Crippen LogP contribution in [0.1, 0.15) is 29.8 Å². The molecule has 0 radical (unpaired) electrons. The van der Waals surface area contributed by atoms with Gasteiger partial charge in [-0.1, -0.05) is 6.07 Å². The molecule has 1 heterocycles. The summed E-state index contributed by atoms with van der Waals surface area (Å²) in [7, 11) is 1.48. The van der Waals surface area contributed by atoms with Crippen molar-refractivity contribution in [3.05, 3.63) is 56.0 Å². The van der Waals surface area contributed by atoms with Gasteiger partial charge in [0.2, 0.25) is 0 Å². The molecule has 0 saturated carbocycles. The Morgan fingerprint density at radius 2 is 2.06 bits per heavy atom. The molecule has 31 heavy (non-hydrogen) atoms. The zero-order valence-corrected chi connectivity index (χ0v) is 20.2. The van der Waals surface area contributed by atoms with Crippen LogP contribution in [0.25, 0.3) is 6.08 Å². The quantitative estimate of drug-likeness (QED) is 0.315. The fourth-order valence-corrected chi connectivity index (χ4v) is 4.57. The van der Waals surface area contributed by atoms with Crippen LogP contribution < -0.4 is 4.74 Å². The topological polar surface area (TPSA) is 88.4 Å². The maximum Gasteiger partial charge on any atom is 0.338 e. The molecule has 1 N–H and O–H groups in total. The van der Waals surface area contributed by atoms with E-state index in [2.05, 4.69) is 4.99 Å². The zero-order valence-electron chi connectivity index (χ0n) is 17.2. The minimum atomic E-state index is -0.413. The van der Waals surface area contributed by atoms with Crippen molar-refractivity contribution >= 4 is 63.2 Å². The third-order valence-electron chi connectivity index (χ3n) is 4.35. The number of carbonyl (C=O) groups excluding carboxylic acids is 2. The number of nitrogens with zero attached hydrogens (tertiary/aromatic N) is 2. The van der Waals surface area contributed by atoms with E-state index in [-0.39, 0.29) is 11.7 Å². The van der Waals surface area contributed by atoms with Crippen molar-refractivity contribution in [2.24, 2.45) is 4.99 Å². The van der Waals surface area contributed by atoms with Crippen molar-refractivity contribution in [2.45, 2.75) is 13.8 Å². The molecule has 1 amide bonds. The third-order valence-corrected chi connectivity index (χ3v) is 6.18. The number of benzene rings is 2. The number of phenols is 1. The number of ether oxygens (including phenoxy) is 2. The zero-order chi connectivity index (χ0) is 22.5. The lowest BCUT2D eigenvalue weighted by Crippen LogP contribution is -2.28. The van der Waals surface area contributed by atoms with Gasteiger partial charge in [0.05, 0.1) is 33.4 Å². The standard InChI is InChI=1S/C22H21IN2O5S/c1-4-25-20(27)18(11-13-9-16(23)19(26)17(10-13)29-3)31-22(25)24-15-8-6-7-14(12-15)21(28)30-5-2/h6-12,26H,4-5H2,1-3H3. The predicted octanol–water partition coefficient (Wildman–Crippen LogP) is 4.81. The van der Waals surface area contributed by atoms with Crippen molar-refractivity contribution in [3.63, 3.8) is 0 Å². The van der Waals surface area contributed by atoms with Gasteiger partial charge in [0.25, 0.3) is 5.91 Å². The molecule has 1 saturated heterocycles. The number of halogens is 1. The van der Waals surface area contributed by atoms with Crippen LogP contribution in [-0.2, 0) is 9.53 Å². The lowest BCUT2D eigenvalue weighted by Gasteiger charge is -2.12. The van der Waals surface area contributed by atoms with Crippen molar-refractivity contribution in [1.29, 1.82) is 0 Å². The summed E-state index contributed by atoms with van der Waals surface area (Å²) in [5, 5.41) is 10.6. The summed E-state index contributed by atoms with van der Waals surface area (Å²) in [6, 6.07) is 10.2. The van der Waals surface area contributed by atoms with E-state index in [0.717, 1.165) is 5.56 Å². The number of rotatable bonds is 6. The average Bonchev–Trinajstić information content (AvgIpc) is 3.04. The lowest BCUT2D eigenvalue weighted by atomic mass is 10.2. The summed E-state index contributed by atoms with van der Waals surface area (Å²) in [5.74, 6) is -0.167. The average molecular weight is 552 g/mol. The first-order valence-corrected chi connectivity index (χ1v) is 11.4. The van der Waals surface area contributed by atoms with Gasteiger partial charge in [-0.3, -0.25) is 9.69 Å². The molecule has 7 nitrogen and oxygen atoms in total. The minimum Gasteiger partial charge on any atom is -0.504 e. The van der Waals surface area contributed by atoms with Crippen molar-refractivity contribution in [3.8, 4) is 11.5 Å². The number of esters is 1. The number of phenolic OH excluding ortho intramolecular Hbond substituents is 1. The molecule has 2 aromatic rings. The molecule has 0 aromatic heterocycles. The molecule has 3 rings (SSSR count). The molecule has 0 atom stereocenters. The van der Waals surface area contributed by atoms with Gasteiger partial charge >= 0.3 is 5.97 Å². The van der Waals surface area contributed by atoms with E-state index in [4.69, 9.17) is 9.47 Å². The molecule has 9 heteroatoms. The first-order chi connectivity index (χ1) is 14.9. The molecule has 0 bridgehead atoms. The van der Waals surface area contributed by atoms with Gasteiger partial charge in [-0.05, 0) is 90.2 Å². The van der Waals surface area contributed by atoms with E-state index in [1.807, 2.05) is 29.5 Å². The van der Waals surface area contributed by atoms with Crippen molar-refractivity contribution in [1.82, 2.24) is 4.90 Å². The summed E-state index contributed by atoms with van der Waals surface area (Å²) < 4.78 is 10.9. The van der Waals surface area contributed by atoms with Crippen molar-refractivity contribution < 1.29 is 24.2 Å². The van der Waals surface area contributed by atoms with Crippen LogP contribution in [0, 0.1) is 3.57 Å². The summed E-state index contributed by atoms with van der Waals surface area (Å²) in [6.07, 6.45) is 1.75. The smallest absolute Gasteiger partial charge is 0.338 e. The Bertz CT molecular complexity index is 1080. The number of aliphatic imine (C=N–C) groups is 1. The van der Waals surface area contributed by atoms with Crippen LogP contribution in [0.15, 0.2) is 46.3 Å². The number of carbonyl (C=O) groups is 2. The molecule has 1 aliphatic heterocycles.